The van der Waals surface area contributed by atoms with E-state index in [4.69, 9.17) is 23.2 Å². The molecule has 2 saturated carbocycles. The minimum Gasteiger partial charge on any atom is -0.338 e. The van der Waals surface area contributed by atoms with Crippen LogP contribution in [0.25, 0.3) is 0 Å². The van der Waals surface area contributed by atoms with Crippen LogP contribution in [0.5, 0.6) is 0 Å². The van der Waals surface area contributed by atoms with Gasteiger partial charge in [-0.15, -0.1) is 0 Å². The lowest BCUT2D eigenvalue weighted by Crippen LogP contribution is -2.48. The molecule has 0 aliphatic heterocycles. The molecule has 0 saturated heterocycles. The number of nitrogens with one attached hydrogen (secondary N) is 2. The first-order valence-corrected chi connectivity index (χ1v) is 9.20. The first-order valence-electron chi connectivity index (χ1n) is 8.45. The first kappa shape index (κ1) is 16.9. The SMILES string of the molecule is CC(CNC(=O)NCC1CC2(CCC2)C1)c1c(Cl)cccc1Cl. The third-order valence-corrected chi connectivity index (χ3v) is 6.13. The van der Waals surface area contributed by atoms with E-state index in [2.05, 4.69) is 10.6 Å². The second kappa shape index (κ2) is 6.90. The van der Waals surface area contributed by atoms with Crippen molar-refractivity contribution in [1.29, 1.82) is 0 Å². The number of benzene rings is 1. The third-order valence-electron chi connectivity index (χ3n) is 5.47. The van der Waals surface area contributed by atoms with Crippen molar-refractivity contribution in [3.8, 4) is 0 Å². The topological polar surface area (TPSA) is 41.1 Å². The first-order chi connectivity index (χ1) is 11.0. The quantitative estimate of drug-likeness (QED) is 0.769. The van der Waals surface area contributed by atoms with Crippen LogP contribution in [0.1, 0.15) is 50.5 Å². The summed E-state index contributed by atoms with van der Waals surface area (Å²) in [5, 5.41) is 7.20. The zero-order chi connectivity index (χ0) is 16.4. The summed E-state index contributed by atoms with van der Waals surface area (Å²) in [6, 6.07) is 5.38. The third kappa shape index (κ3) is 3.77. The van der Waals surface area contributed by atoms with Crippen LogP contribution >= 0.6 is 23.2 Å². The van der Waals surface area contributed by atoms with E-state index in [1.54, 1.807) is 0 Å². The summed E-state index contributed by atoms with van der Waals surface area (Å²) in [7, 11) is 0. The summed E-state index contributed by atoms with van der Waals surface area (Å²) >= 11 is 12.4. The molecule has 0 bridgehead atoms. The molecular formula is C18H24Cl2N2O. The monoisotopic (exact) mass is 354 g/mol. The van der Waals surface area contributed by atoms with Crippen LogP contribution in [0.3, 0.4) is 0 Å². The number of carbonyl (C=O) groups excluding carboxylic acids is 1. The Labute approximate surface area is 148 Å². The van der Waals surface area contributed by atoms with Gasteiger partial charge in [0.15, 0.2) is 0 Å². The number of urea groups is 1. The molecule has 2 N–H and O–H groups in total. The van der Waals surface area contributed by atoms with Gasteiger partial charge in [0.05, 0.1) is 0 Å². The highest BCUT2D eigenvalue weighted by Crippen LogP contribution is 2.58. The number of amides is 2. The normalized spacial score (nSPS) is 20.5. The molecule has 1 atom stereocenters. The fraction of sp³-hybridized carbons (Fsp3) is 0.611. The Balaban J connectivity index is 1.39. The van der Waals surface area contributed by atoms with E-state index in [9.17, 15) is 4.79 Å². The van der Waals surface area contributed by atoms with Crippen molar-refractivity contribution < 1.29 is 4.79 Å². The van der Waals surface area contributed by atoms with Crippen molar-refractivity contribution in [3.05, 3.63) is 33.8 Å². The van der Waals surface area contributed by atoms with E-state index in [0.717, 1.165) is 12.1 Å². The summed E-state index contributed by atoms with van der Waals surface area (Å²) in [5.41, 5.74) is 1.56. The average molecular weight is 355 g/mol. The smallest absolute Gasteiger partial charge is 0.314 e. The number of rotatable bonds is 5. The van der Waals surface area contributed by atoms with E-state index in [-0.39, 0.29) is 11.9 Å². The molecule has 0 radical (unpaired) electrons. The molecule has 3 rings (SSSR count). The number of hydrogen-bond acceptors (Lipinski definition) is 1. The minimum absolute atomic E-state index is 0.0731. The molecule has 5 heteroatoms. The maximum absolute atomic E-state index is 11.9. The van der Waals surface area contributed by atoms with Crippen LogP contribution in [0.15, 0.2) is 18.2 Å². The molecule has 1 aromatic rings. The fourth-order valence-electron chi connectivity index (χ4n) is 4.02. The van der Waals surface area contributed by atoms with E-state index in [1.807, 2.05) is 25.1 Å². The molecule has 23 heavy (non-hydrogen) atoms. The molecule has 2 amide bonds. The predicted octanol–water partition coefficient (Wildman–Crippen LogP) is 4.98. The highest BCUT2D eigenvalue weighted by molar-refractivity contribution is 6.36. The molecule has 1 aromatic carbocycles. The zero-order valence-corrected chi connectivity index (χ0v) is 15.0. The van der Waals surface area contributed by atoms with Crippen molar-refractivity contribution in [3.63, 3.8) is 0 Å². The number of halogens is 2. The van der Waals surface area contributed by atoms with Crippen LogP contribution in [0.2, 0.25) is 10.0 Å². The Bertz CT molecular complexity index is 558. The summed E-state index contributed by atoms with van der Waals surface area (Å²) in [4.78, 5) is 11.9. The predicted molar refractivity (Wildman–Crippen MR) is 95.3 cm³/mol. The van der Waals surface area contributed by atoms with Gasteiger partial charge in [-0.05, 0) is 54.7 Å². The van der Waals surface area contributed by atoms with Crippen molar-refractivity contribution >= 4 is 29.2 Å². The highest BCUT2D eigenvalue weighted by atomic mass is 35.5. The second-order valence-corrected chi connectivity index (χ2v) is 8.07. The summed E-state index contributed by atoms with van der Waals surface area (Å²) in [6.45, 7) is 3.32. The Morgan fingerprint density at radius 3 is 2.48 bits per heavy atom. The Kier molecular flexibility index (Phi) is 5.07. The van der Waals surface area contributed by atoms with Gasteiger partial charge < -0.3 is 10.6 Å². The molecular weight excluding hydrogens is 331 g/mol. The zero-order valence-electron chi connectivity index (χ0n) is 13.5. The molecule has 2 aliphatic carbocycles. The lowest BCUT2D eigenvalue weighted by Gasteiger charge is -2.54. The van der Waals surface area contributed by atoms with Crippen LogP contribution < -0.4 is 10.6 Å². The summed E-state index contributed by atoms with van der Waals surface area (Å²) < 4.78 is 0. The Morgan fingerprint density at radius 2 is 1.91 bits per heavy atom. The van der Waals surface area contributed by atoms with Gasteiger partial charge >= 0.3 is 6.03 Å². The van der Waals surface area contributed by atoms with E-state index in [0.29, 0.717) is 27.9 Å². The van der Waals surface area contributed by atoms with Gasteiger partial charge in [-0.1, -0.05) is 42.6 Å². The lowest BCUT2D eigenvalue weighted by molar-refractivity contribution is -0.0224. The van der Waals surface area contributed by atoms with Gasteiger partial charge in [-0.25, -0.2) is 4.79 Å². The van der Waals surface area contributed by atoms with Crippen molar-refractivity contribution in [2.75, 3.05) is 13.1 Å². The highest BCUT2D eigenvalue weighted by Gasteiger charge is 2.47. The molecule has 0 heterocycles. The van der Waals surface area contributed by atoms with E-state index < -0.39 is 0 Å². The lowest BCUT2D eigenvalue weighted by atomic mass is 9.52. The van der Waals surface area contributed by atoms with Crippen LogP contribution in [-0.2, 0) is 0 Å². The molecule has 0 aromatic heterocycles. The van der Waals surface area contributed by atoms with Crippen LogP contribution in [0, 0.1) is 11.3 Å². The number of carbonyl (C=O) groups is 1. The van der Waals surface area contributed by atoms with Gasteiger partial charge in [0.25, 0.3) is 0 Å². The van der Waals surface area contributed by atoms with Gasteiger partial charge in [0, 0.05) is 29.1 Å². The summed E-state index contributed by atoms with van der Waals surface area (Å²) in [6.07, 6.45) is 6.76. The van der Waals surface area contributed by atoms with Crippen molar-refractivity contribution in [1.82, 2.24) is 10.6 Å². The molecule has 1 spiro atoms. The van der Waals surface area contributed by atoms with Crippen LogP contribution in [-0.4, -0.2) is 19.1 Å². The maximum atomic E-state index is 11.9. The molecule has 2 fully saturated rings. The van der Waals surface area contributed by atoms with Crippen LogP contribution in [0.4, 0.5) is 4.79 Å². The molecule has 126 valence electrons. The van der Waals surface area contributed by atoms with Gasteiger partial charge in [0.1, 0.15) is 0 Å². The maximum Gasteiger partial charge on any atom is 0.314 e. The van der Waals surface area contributed by atoms with Gasteiger partial charge in [0.2, 0.25) is 0 Å². The molecule has 2 aliphatic rings. The largest absolute Gasteiger partial charge is 0.338 e. The Hall–Kier alpha value is -0.930. The van der Waals surface area contributed by atoms with Gasteiger partial charge in [-0.3, -0.25) is 0 Å². The average Bonchev–Trinajstić information content (AvgIpc) is 2.41. The Morgan fingerprint density at radius 1 is 1.26 bits per heavy atom. The summed E-state index contributed by atoms with van der Waals surface area (Å²) in [5.74, 6) is 0.736. The standard InChI is InChI=1S/C18H24Cl2N2O/c1-12(16-14(19)4-2-5-15(16)20)10-21-17(23)22-11-13-8-18(9-13)6-3-7-18/h2,4-5,12-13H,3,6-11H2,1H3,(H2,21,22,23). The number of hydrogen-bond donors (Lipinski definition) is 2. The minimum atomic E-state index is -0.102. The van der Waals surface area contributed by atoms with Crippen molar-refractivity contribution in [2.24, 2.45) is 11.3 Å². The molecule has 1 unspecified atom stereocenters. The second-order valence-electron chi connectivity index (χ2n) is 7.26. The van der Waals surface area contributed by atoms with E-state index >= 15 is 0 Å². The molecule has 3 nitrogen and oxygen atoms in total. The van der Waals surface area contributed by atoms with Crippen molar-refractivity contribution in [2.45, 2.75) is 44.9 Å². The van der Waals surface area contributed by atoms with E-state index in [1.165, 1.54) is 32.1 Å². The fourth-order valence-corrected chi connectivity index (χ4v) is 4.79. The van der Waals surface area contributed by atoms with Gasteiger partial charge in [-0.2, -0.15) is 0 Å².